The van der Waals surface area contributed by atoms with Crippen molar-refractivity contribution in [3.8, 4) is 0 Å². The maximum atomic E-state index is 12.5. The second kappa shape index (κ2) is 4.91. The molecule has 5 heteroatoms. The summed E-state index contributed by atoms with van der Waals surface area (Å²) in [5, 5.41) is 3.17. The lowest BCUT2D eigenvalue weighted by Gasteiger charge is -2.16. The van der Waals surface area contributed by atoms with Gasteiger partial charge in [-0.1, -0.05) is 23.2 Å². The van der Waals surface area contributed by atoms with E-state index in [9.17, 15) is 8.78 Å². The van der Waals surface area contributed by atoms with E-state index in [1.54, 1.807) is 6.07 Å². The number of halogens is 4. The molecule has 14 heavy (non-hydrogen) atoms. The molecule has 1 nitrogen and oxygen atoms in total. The molecular formula is C9H9Cl2F2N. The summed E-state index contributed by atoms with van der Waals surface area (Å²) in [6.45, 7) is 0. The van der Waals surface area contributed by atoms with Crippen LogP contribution in [-0.4, -0.2) is 13.5 Å². The summed E-state index contributed by atoms with van der Waals surface area (Å²) in [7, 11) is 1.45. The monoisotopic (exact) mass is 239 g/mol. The summed E-state index contributed by atoms with van der Waals surface area (Å²) < 4.78 is 25.1. The first-order chi connectivity index (χ1) is 6.56. The number of hydrogen-bond donors (Lipinski definition) is 1. The molecule has 1 atom stereocenters. The number of hydrogen-bond acceptors (Lipinski definition) is 1. The smallest absolute Gasteiger partial charge is 0.257 e. The van der Waals surface area contributed by atoms with Gasteiger partial charge in [-0.05, 0) is 30.8 Å². The SMILES string of the molecule is CNC(c1cc(Cl)ccc1Cl)C(F)F. The Morgan fingerprint density at radius 3 is 2.43 bits per heavy atom. The molecule has 1 aromatic carbocycles. The molecule has 1 rings (SSSR count). The molecule has 0 aliphatic heterocycles. The number of benzene rings is 1. The fourth-order valence-electron chi connectivity index (χ4n) is 1.17. The normalized spacial score (nSPS) is 13.3. The summed E-state index contributed by atoms with van der Waals surface area (Å²) in [5.41, 5.74) is 0.316. The molecule has 1 aromatic rings. The van der Waals surface area contributed by atoms with Crippen LogP contribution in [0.1, 0.15) is 11.6 Å². The first kappa shape index (κ1) is 11.7. The molecule has 1 N–H and O–H groups in total. The van der Waals surface area contributed by atoms with Crippen LogP contribution in [0.3, 0.4) is 0 Å². The molecule has 0 aromatic heterocycles. The first-order valence-electron chi connectivity index (χ1n) is 3.96. The molecule has 0 bridgehead atoms. The molecule has 0 aliphatic carbocycles. The van der Waals surface area contributed by atoms with Crippen LogP contribution in [0.15, 0.2) is 18.2 Å². The van der Waals surface area contributed by atoms with E-state index in [-0.39, 0.29) is 5.02 Å². The Balaban J connectivity index is 3.08. The Bertz CT molecular complexity index is 318. The Morgan fingerprint density at radius 2 is 1.93 bits per heavy atom. The van der Waals surface area contributed by atoms with Crippen molar-refractivity contribution in [3.05, 3.63) is 33.8 Å². The molecule has 0 radical (unpaired) electrons. The average Bonchev–Trinajstić information content (AvgIpc) is 2.11. The van der Waals surface area contributed by atoms with Gasteiger partial charge in [0.2, 0.25) is 0 Å². The highest BCUT2D eigenvalue weighted by atomic mass is 35.5. The minimum Gasteiger partial charge on any atom is -0.308 e. The molecular weight excluding hydrogens is 231 g/mol. The number of nitrogens with one attached hydrogen (secondary N) is 1. The summed E-state index contributed by atoms with van der Waals surface area (Å²) in [5.74, 6) is 0. The highest BCUT2D eigenvalue weighted by molar-refractivity contribution is 6.33. The average molecular weight is 240 g/mol. The van der Waals surface area contributed by atoms with E-state index in [1.807, 2.05) is 0 Å². The van der Waals surface area contributed by atoms with Crippen LogP contribution in [0.5, 0.6) is 0 Å². The van der Waals surface area contributed by atoms with E-state index in [0.717, 1.165) is 0 Å². The molecule has 0 spiro atoms. The van der Waals surface area contributed by atoms with E-state index in [2.05, 4.69) is 5.32 Å². The van der Waals surface area contributed by atoms with Crippen molar-refractivity contribution in [2.75, 3.05) is 7.05 Å². The first-order valence-corrected chi connectivity index (χ1v) is 4.72. The van der Waals surface area contributed by atoms with E-state index in [1.165, 1.54) is 19.2 Å². The maximum absolute atomic E-state index is 12.5. The van der Waals surface area contributed by atoms with Crippen LogP contribution in [0.4, 0.5) is 8.78 Å². The van der Waals surface area contributed by atoms with Crippen molar-refractivity contribution in [2.45, 2.75) is 12.5 Å². The van der Waals surface area contributed by atoms with E-state index < -0.39 is 12.5 Å². The second-order valence-corrected chi connectivity index (χ2v) is 3.61. The van der Waals surface area contributed by atoms with Gasteiger partial charge in [0.15, 0.2) is 0 Å². The van der Waals surface area contributed by atoms with Gasteiger partial charge in [0.25, 0.3) is 6.43 Å². The van der Waals surface area contributed by atoms with Gasteiger partial charge < -0.3 is 5.32 Å². The van der Waals surface area contributed by atoms with E-state index in [0.29, 0.717) is 10.6 Å². The summed E-state index contributed by atoms with van der Waals surface area (Å²) in [6, 6.07) is 3.43. The second-order valence-electron chi connectivity index (χ2n) is 2.77. The van der Waals surface area contributed by atoms with Crippen molar-refractivity contribution < 1.29 is 8.78 Å². The summed E-state index contributed by atoms with van der Waals surface area (Å²) in [4.78, 5) is 0. The Morgan fingerprint density at radius 1 is 1.29 bits per heavy atom. The predicted octanol–water partition coefficient (Wildman–Crippen LogP) is 3.52. The van der Waals surface area contributed by atoms with Crippen molar-refractivity contribution >= 4 is 23.2 Å². The van der Waals surface area contributed by atoms with E-state index >= 15 is 0 Å². The highest BCUT2D eigenvalue weighted by Crippen LogP contribution is 2.29. The fraction of sp³-hybridized carbons (Fsp3) is 0.333. The van der Waals surface area contributed by atoms with Crippen molar-refractivity contribution in [3.63, 3.8) is 0 Å². The zero-order valence-corrected chi connectivity index (χ0v) is 8.91. The highest BCUT2D eigenvalue weighted by Gasteiger charge is 2.22. The number of rotatable bonds is 3. The molecule has 0 amide bonds. The standard InChI is InChI=1S/C9H9Cl2F2N/c1-14-8(9(12)13)6-4-5(10)2-3-7(6)11/h2-4,8-9,14H,1H3. The largest absolute Gasteiger partial charge is 0.308 e. The minimum absolute atomic E-state index is 0.286. The van der Waals surface area contributed by atoms with Gasteiger partial charge >= 0.3 is 0 Å². The van der Waals surface area contributed by atoms with Crippen LogP contribution in [0, 0.1) is 0 Å². The third kappa shape index (κ3) is 2.56. The van der Waals surface area contributed by atoms with E-state index in [4.69, 9.17) is 23.2 Å². The predicted molar refractivity (Wildman–Crippen MR) is 54.3 cm³/mol. The van der Waals surface area contributed by atoms with Crippen LogP contribution >= 0.6 is 23.2 Å². The van der Waals surface area contributed by atoms with Gasteiger partial charge in [0, 0.05) is 10.0 Å². The van der Waals surface area contributed by atoms with Gasteiger partial charge in [-0.2, -0.15) is 0 Å². The molecule has 0 saturated heterocycles. The zero-order chi connectivity index (χ0) is 10.7. The number of alkyl halides is 2. The van der Waals surface area contributed by atoms with Gasteiger partial charge in [-0.3, -0.25) is 0 Å². The minimum atomic E-state index is -2.52. The molecule has 78 valence electrons. The Labute approximate surface area is 91.0 Å². The topological polar surface area (TPSA) is 12.0 Å². The van der Waals surface area contributed by atoms with Crippen molar-refractivity contribution in [1.29, 1.82) is 0 Å². The quantitative estimate of drug-likeness (QED) is 0.852. The third-order valence-electron chi connectivity index (χ3n) is 1.86. The van der Waals surface area contributed by atoms with Gasteiger partial charge in [0.05, 0.1) is 6.04 Å². The maximum Gasteiger partial charge on any atom is 0.257 e. The van der Waals surface area contributed by atoms with Crippen LogP contribution < -0.4 is 5.32 Å². The third-order valence-corrected chi connectivity index (χ3v) is 2.44. The molecule has 0 fully saturated rings. The molecule has 0 aliphatic rings. The van der Waals surface area contributed by atoms with Gasteiger partial charge in [0.1, 0.15) is 0 Å². The molecule has 0 saturated carbocycles. The Kier molecular flexibility index (Phi) is 4.11. The van der Waals surface area contributed by atoms with Crippen LogP contribution in [0.2, 0.25) is 10.0 Å². The van der Waals surface area contributed by atoms with Crippen molar-refractivity contribution in [1.82, 2.24) is 5.32 Å². The molecule has 0 heterocycles. The Hall–Kier alpha value is -0.380. The van der Waals surface area contributed by atoms with Crippen LogP contribution in [-0.2, 0) is 0 Å². The zero-order valence-electron chi connectivity index (χ0n) is 7.40. The lowest BCUT2D eigenvalue weighted by molar-refractivity contribution is 0.102. The fourth-order valence-corrected chi connectivity index (χ4v) is 1.59. The lowest BCUT2D eigenvalue weighted by Crippen LogP contribution is -2.23. The van der Waals surface area contributed by atoms with Crippen LogP contribution in [0.25, 0.3) is 0 Å². The van der Waals surface area contributed by atoms with Gasteiger partial charge in [-0.25, -0.2) is 8.78 Å². The summed E-state index contributed by atoms with van der Waals surface area (Å²) >= 11 is 11.5. The van der Waals surface area contributed by atoms with Crippen molar-refractivity contribution in [2.24, 2.45) is 0 Å². The molecule has 1 unspecified atom stereocenters. The van der Waals surface area contributed by atoms with Gasteiger partial charge in [-0.15, -0.1) is 0 Å². The lowest BCUT2D eigenvalue weighted by atomic mass is 10.1. The summed E-state index contributed by atoms with van der Waals surface area (Å²) in [6.07, 6.45) is -2.52.